The Morgan fingerprint density at radius 2 is 1.92 bits per heavy atom. The number of anilines is 1. The van der Waals surface area contributed by atoms with Gasteiger partial charge in [-0.2, -0.15) is 0 Å². The molecule has 0 radical (unpaired) electrons. The van der Waals surface area contributed by atoms with E-state index in [0.29, 0.717) is 24.5 Å². The second-order valence-electron chi connectivity index (χ2n) is 6.41. The number of amides is 1. The first-order chi connectivity index (χ1) is 12.7. The van der Waals surface area contributed by atoms with E-state index in [1.54, 1.807) is 14.2 Å². The molecule has 0 aromatic heterocycles. The summed E-state index contributed by atoms with van der Waals surface area (Å²) in [4.78, 5) is 14.4. The van der Waals surface area contributed by atoms with Crippen LogP contribution < -0.4 is 19.7 Å². The van der Waals surface area contributed by atoms with Gasteiger partial charge in [-0.3, -0.25) is 4.79 Å². The van der Waals surface area contributed by atoms with Gasteiger partial charge in [0.2, 0.25) is 5.91 Å². The summed E-state index contributed by atoms with van der Waals surface area (Å²) in [6, 6.07) is 14.3. The minimum absolute atomic E-state index is 0.0925. The molecule has 0 saturated heterocycles. The zero-order valence-electron chi connectivity index (χ0n) is 15.5. The Kier molecular flexibility index (Phi) is 6.00. The molecule has 3 rings (SSSR count). The summed E-state index contributed by atoms with van der Waals surface area (Å²) in [5.41, 5.74) is 3.75. The van der Waals surface area contributed by atoms with E-state index >= 15 is 0 Å². The number of nitrogens with one attached hydrogen (secondary N) is 1. The van der Waals surface area contributed by atoms with Crippen molar-refractivity contribution in [2.45, 2.75) is 19.3 Å². The lowest BCUT2D eigenvalue weighted by Crippen LogP contribution is -2.31. The average molecular weight is 354 g/mol. The normalized spacial score (nSPS) is 12.6. The minimum Gasteiger partial charge on any atom is -0.493 e. The van der Waals surface area contributed by atoms with E-state index in [1.165, 1.54) is 11.3 Å². The van der Waals surface area contributed by atoms with E-state index in [-0.39, 0.29) is 5.91 Å². The summed E-state index contributed by atoms with van der Waals surface area (Å²) >= 11 is 0. The standard InChI is InChI=1S/C21H26N2O3/c1-25-19-8-7-16(15-20(19)26-2)9-12-22-21(24)11-14-23-13-10-17-5-3-4-6-18(17)23/h3-8,15H,9-14H2,1-2H3,(H,22,24). The van der Waals surface area contributed by atoms with Gasteiger partial charge in [-0.15, -0.1) is 0 Å². The molecule has 0 atom stereocenters. The molecule has 5 heteroatoms. The molecule has 5 nitrogen and oxygen atoms in total. The predicted molar refractivity (Wildman–Crippen MR) is 103 cm³/mol. The van der Waals surface area contributed by atoms with Crippen molar-refractivity contribution >= 4 is 11.6 Å². The van der Waals surface area contributed by atoms with Crippen LogP contribution in [0.5, 0.6) is 11.5 Å². The monoisotopic (exact) mass is 354 g/mol. The van der Waals surface area contributed by atoms with E-state index in [2.05, 4.69) is 34.5 Å². The number of nitrogens with zero attached hydrogens (tertiary/aromatic N) is 1. The van der Waals surface area contributed by atoms with Crippen molar-refractivity contribution in [3.05, 3.63) is 53.6 Å². The number of hydrogen-bond acceptors (Lipinski definition) is 4. The van der Waals surface area contributed by atoms with Crippen molar-refractivity contribution in [1.29, 1.82) is 0 Å². The number of ether oxygens (including phenoxy) is 2. The van der Waals surface area contributed by atoms with Gasteiger partial charge in [0.1, 0.15) is 0 Å². The van der Waals surface area contributed by atoms with E-state index in [9.17, 15) is 4.79 Å². The van der Waals surface area contributed by atoms with Crippen LogP contribution in [0.1, 0.15) is 17.5 Å². The number of rotatable bonds is 8. The molecule has 0 aliphatic carbocycles. The van der Waals surface area contributed by atoms with Gasteiger partial charge in [-0.05, 0) is 42.2 Å². The van der Waals surface area contributed by atoms with Crippen LogP contribution in [0.25, 0.3) is 0 Å². The highest BCUT2D eigenvalue weighted by molar-refractivity contribution is 5.76. The van der Waals surface area contributed by atoms with Crippen LogP contribution in [0.2, 0.25) is 0 Å². The first-order valence-corrected chi connectivity index (χ1v) is 9.01. The van der Waals surface area contributed by atoms with Gasteiger partial charge in [-0.25, -0.2) is 0 Å². The first-order valence-electron chi connectivity index (χ1n) is 9.01. The van der Waals surface area contributed by atoms with Gasteiger partial charge in [0, 0.05) is 31.7 Å². The molecular weight excluding hydrogens is 328 g/mol. The molecule has 1 aliphatic heterocycles. The number of fused-ring (bicyclic) bond motifs is 1. The molecule has 0 bridgehead atoms. The highest BCUT2D eigenvalue weighted by Crippen LogP contribution is 2.28. The Morgan fingerprint density at radius 1 is 1.12 bits per heavy atom. The Labute approximate surface area is 154 Å². The number of carbonyl (C=O) groups excluding carboxylic acids is 1. The largest absolute Gasteiger partial charge is 0.493 e. The van der Waals surface area contributed by atoms with Crippen molar-refractivity contribution in [3.63, 3.8) is 0 Å². The summed E-state index contributed by atoms with van der Waals surface area (Å²) in [7, 11) is 3.25. The van der Waals surface area contributed by atoms with Crippen molar-refractivity contribution < 1.29 is 14.3 Å². The maximum Gasteiger partial charge on any atom is 0.221 e. The molecule has 0 fully saturated rings. The SMILES string of the molecule is COc1ccc(CCNC(=O)CCN2CCc3ccccc32)cc1OC. The molecule has 138 valence electrons. The molecule has 1 N–H and O–H groups in total. The van der Waals surface area contributed by atoms with Crippen LogP contribution >= 0.6 is 0 Å². The molecule has 1 heterocycles. The summed E-state index contributed by atoms with van der Waals surface area (Å²) in [5, 5.41) is 3.01. The van der Waals surface area contributed by atoms with Gasteiger partial charge in [0.05, 0.1) is 14.2 Å². The number of carbonyl (C=O) groups is 1. The maximum atomic E-state index is 12.1. The fourth-order valence-electron chi connectivity index (χ4n) is 3.35. The van der Waals surface area contributed by atoms with Gasteiger partial charge >= 0.3 is 0 Å². The quantitative estimate of drug-likeness (QED) is 0.792. The van der Waals surface area contributed by atoms with Crippen molar-refractivity contribution in [2.24, 2.45) is 0 Å². The van der Waals surface area contributed by atoms with Gasteiger partial charge in [-0.1, -0.05) is 24.3 Å². The number of methoxy groups -OCH3 is 2. The lowest BCUT2D eigenvalue weighted by molar-refractivity contribution is -0.120. The summed E-state index contributed by atoms with van der Waals surface area (Å²) < 4.78 is 10.6. The van der Waals surface area contributed by atoms with E-state index in [1.807, 2.05) is 18.2 Å². The Morgan fingerprint density at radius 3 is 2.73 bits per heavy atom. The first kappa shape index (κ1) is 18.1. The number of para-hydroxylation sites is 1. The summed E-state index contributed by atoms with van der Waals surface area (Å²) in [6.45, 7) is 2.38. The Hall–Kier alpha value is -2.69. The Bertz CT molecular complexity index is 761. The lowest BCUT2D eigenvalue weighted by Gasteiger charge is -2.19. The predicted octanol–water partition coefficient (Wildman–Crippen LogP) is 2.82. The van der Waals surface area contributed by atoms with Crippen LogP contribution in [0, 0.1) is 0 Å². The fourth-order valence-corrected chi connectivity index (χ4v) is 3.35. The Balaban J connectivity index is 1.42. The van der Waals surface area contributed by atoms with Crippen LogP contribution in [-0.2, 0) is 17.6 Å². The molecule has 0 saturated carbocycles. The maximum absolute atomic E-state index is 12.1. The second kappa shape index (κ2) is 8.61. The summed E-state index contributed by atoms with van der Waals surface area (Å²) in [6.07, 6.45) is 2.34. The molecule has 2 aromatic rings. The summed E-state index contributed by atoms with van der Waals surface area (Å²) in [5.74, 6) is 1.52. The van der Waals surface area contributed by atoms with Gasteiger partial charge in [0.15, 0.2) is 11.5 Å². The molecule has 1 amide bonds. The number of benzene rings is 2. The molecule has 0 unspecified atom stereocenters. The molecular formula is C21H26N2O3. The highest BCUT2D eigenvalue weighted by Gasteiger charge is 2.18. The van der Waals surface area contributed by atoms with E-state index in [4.69, 9.17) is 9.47 Å². The van der Waals surface area contributed by atoms with Gasteiger partial charge < -0.3 is 19.7 Å². The van der Waals surface area contributed by atoms with Crippen molar-refractivity contribution in [2.75, 3.05) is 38.8 Å². The van der Waals surface area contributed by atoms with Crippen LogP contribution in [0.3, 0.4) is 0 Å². The molecule has 2 aromatic carbocycles. The topological polar surface area (TPSA) is 50.8 Å². The van der Waals surface area contributed by atoms with Gasteiger partial charge in [0.25, 0.3) is 0 Å². The second-order valence-corrected chi connectivity index (χ2v) is 6.41. The smallest absolute Gasteiger partial charge is 0.221 e. The fraction of sp³-hybridized carbons (Fsp3) is 0.381. The van der Waals surface area contributed by atoms with Crippen LogP contribution in [0.15, 0.2) is 42.5 Å². The van der Waals surface area contributed by atoms with Crippen molar-refractivity contribution in [1.82, 2.24) is 5.32 Å². The average Bonchev–Trinajstić information content (AvgIpc) is 3.09. The third-order valence-corrected chi connectivity index (χ3v) is 4.78. The lowest BCUT2D eigenvalue weighted by atomic mass is 10.1. The highest BCUT2D eigenvalue weighted by atomic mass is 16.5. The number of hydrogen-bond donors (Lipinski definition) is 1. The van der Waals surface area contributed by atoms with Crippen molar-refractivity contribution in [3.8, 4) is 11.5 Å². The van der Waals surface area contributed by atoms with Crippen LogP contribution in [-0.4, -0.2) is 39.8 Å². The zero-order valence-corrected chi connectivity index (χ0v) is 15.5. The third-order valence-electron chi connectivity index (χ3n) is 4.78. The molecule has 0 spiro atoms. The molecule has 26 heavy (non-hydrogen) atoms. The van der Waals surface area contributed by atoms with E-state index in [0.717, 1.165) is 31.5 Å². The zero-order chi connectivity index (χ0) is 18.4. The molecule has 1 aliphatic rings. The van der Waals surface area contributed by atoms with Crippen LogP contribution in [0.4, 0.5) is 5.69 Å². The van der Waals surface area contributed by atoms with E-state index < -0.39 is 0 Å². The minimum atomic E-state index is 0.0925. The third kappa shape index (κ3) is 4.28.